The molecule has 6 nitrogen and oxygen atoms in total. The summed E-state index contributed by atoms with van der Waals surface area (Å²) in [5, 5.41) is 5.67. The van der Waals surface area contributed by atoms with Gasteiger partial charge in [0.1, 0.15) is 12.4 Å². The average molecular weight is 364 g/mol. The Morgan fingerprint density at radius 3 is 2.78 bits per heavy atom. The Bertz CT molecular complexity index is 862. The van der Waals surface area contributed by atoms with Crippen LogP contribution >= 0.6 is 0 Å². The van der Waals surface area contributed by atoms with Gasteiger partial charge in [0, 0.05) is 25.5 Å². The highest BCUT2D eigenvalue weighted by Gasteiger charge is 2.02. The topological polar surface area (TPSA) is 68.2 Å². The van der Waals surface area contributed by atoms with E-state index in [0.29, 0.717) is 19.7 Å². The second-order valence-electron chi connectivity index (χ2n) is 6.33. The molecule has 0 aliphatic rings. The number of hydrogen-bond donors (Lipinski definition) is 2. The van der Waals surface area contributed by atoms with Crippen LogP contribution in [0.4, 0.5) is 4.79 Å². The Balaban J connectivity index is 1.37. The summed E-state index contributed by atoms with van der Waals surface area (Å²) in [4.78, 5) is 16.0. The number of amides is 2. The van der Waals surface area contributed by atoms with Crippen molar-refractivity contribution in [3.63, 3.8) is 0 Å². The lowest BCUT2D eigenvalue weighted by molar-refractivity contribution is 0.236. The molecule has 0 radical (unpaired) electrons. The fourth-order valence-corrected chi connectivity index (χ4v) is 2.71. The standard InChI is InChI=1S/C21H24N4O2/c1-17-4-2-7-20(12-17)27-11-9-23-21(26)24-14-18-5-3-6-19(13-18)15-25-10-8-22-16-25/h2-8,10,12-13,16H,9,11,14-15H2,1H3,(H2,23,24,26). The number of benzene rings is 2. The number of aryl methyl sites for hydroxylation is 1. The first-order valence-corrected chi connectivity index (χ1v) is 8.94. The molecule has 6 heteroatoms. The van der Waals surface area contributed by atoms with Crippen molar-refractivity contribution in [2.24, 2.45) is 0 Å². The molecular weight excluding hydrogens is 340 g/mol. The Morgan fingerprint density at radius 1 is 1.11 bits per heavy atom. The van der Waals surface area contributed by atoms with Crippen LogP contribution in [-0.4, -0.2) is 28.7 Å². The summed E-state index contributed by atoms with van der Waals surface area (Å²) in [6.07, 6.45) is 5.48. The molecule has 27 heavy (non-hydrogen) atoms. The van der Waals surface area contributed by atoms with Gasteiger partial charge in [0.05, 0.1) is 12.9 Å². The minimum absolute atomic E-state index is 0.206. The van der Waals surface area contributed by atoms with Gasteiger partial charge in [-0.1, -0.05) is 36.4 Å². The summed E-state index contributed by atoms with van der Waals surface area (Å²) < 4.78 is 7.62. The summed E-state index contributed by atoms with van der Waals surface area (Å²) >= 11 is 0. The van der Waals surface area contributed by atoms with E-state index in [1.165, 1.54) is 5.56 Å². The van der Waals surface area contributed by atoms with E-state index in [2.05, 4.69) is 27.8 Å². The third kappa shape index (κ3) is 6.18. The molecule has 0 unspecified atom stereocenters. The highest BCUT2D eigenvalue weighted by molar-refractivity contribution is 5.73. The molecule has 0 spiro atoms. The van der Waals surface area contributed by atoms with Crippen LogP contribution in [0, 0.1) is 6.92 Å². The zero-order chi connectivity index (χ0) is 18.9. The van der Waals surface area contributed by atoms with Gasteiger partial charge in [-0.3, -0.25) is 0 Å². The predicted octanol–water partition coefficient (Wildman–Crippen LogP) is 3.12. The Kier molecular flexibility index (Phi) is 6.46. The van der Waals surface area contributed by atoms with Crippen LogP contribution in [0.2, 0.25) is 0 Å². The highest BCUT2D eigenvalue weighted by Crippen LogP contribution is 2.11. The number of carbonyl (C=O) groups is 1. The fourth-order valence-electron chi connectivity index (χ4n) is 2.71. The summed E-state index contributed by atoms with van der Waals surface area (Å²) in [6, 6.07) is 15.8. The number of urea groups is 1. The van der Waals surface area contributed by atoms with E-state index in [-0.39, 0.29) is 6.03 Å². The molecule has 0 saturated carbocycles. The zero-order valence-electron chi connectivity index (χ0n) is 15.4. The molecule has 0 fully saturated rings. The molecule has 2 amide bonds. The smallest absolute Gasteiger partial charge is 0.315 e. The van der Waals surface area contributed by atoms with Crippen molar-refractivity contribution in [1.82, 2.24) is 20.2 Å². The van der Waals surface area contributed by atoms with Crippen molar-refractivity contribution in [2.45, 2.75) is 20.0 Å². The minimum atomic E-state index is -0.206. The lowest BCUT2D eigenvalue weighted by atomic mass is 10.1. The molecule has 0 saturated heterocycles. The molecular formula is C21H24N4O2. The van der Waals surface area contributed by atoms with E-state index in [0.717, 1.165) is 23.4 Å². The molecule has 0 atom stereocenters. The second kappa shape index (κ2) is 9.43. The SMILES string of the molecule is Cc1cccc(OCCNC(=O)NCc2cccc(Cn3ccnc3)c2)c1. The second-order valence-corrected chi connectivity index (χ2v) is 6.33. The number of aromatic nitrogens is 2. The molecule has 0 aliphatic heterocycles. The Hall–Kier alpha value is -3.28. The van der Waals surface area contributed by atoms with Crippen LogP contribution in [-0.2, 0) is 13.1 Å². The fraction of sp³-hybridized carbons (Fsp3) is 0.238. The van der Waals surface area contributed by atoms with Crippen LogP contribution < -0.4 is 15.4 Å². The third-order valence-corrected chi connectivity index (χ3v) is 4.01. The first-order valence-electron chi connectivity index (χ1n) is 8.94. The Labute approximate surface area is 159 Å². The molecule has 0 aliphatic carbocycles. The van der Waals surface area contributed by atoms with Crippen LogP contribution in [0.1, 0.15) is 16.7 Å². The summed E-state index contributed by atoms with van der Waals surface area (Å²) in [5.41, 5.74) is 3.37. The largest absolute Gasteiger partial charge is 0.492 e. The van der Waals surface area contributed by atoms with Gasteiger partial charge in [-0.15, -0.1) is 0 Å². The summed E-state index contributed by atoms with van der Waals surface area (Å²) in [7, 11) is 0. The third-order valence-electron chi connectivity index (χ3n) is 4.01. The minimum Gasteiger partial charge on any atom is -0.492 e. The van der Waals surface area contributed by atoms with Crippen molar-refractivity contribution < 1.29 is 9.53 Å². The van der Waals surface area contributed by atoms with Crippen molar-refractivity contribution in [3.05, 3.63) is 83.9 Å². The monoisotopic (exact) mass is 364 g/mol. The lowest BCUT2D eigenvalue weighted by Gasteiger charge is -2.10. The van der Waals surface area contributed by atoms with E-state index >= 15 is 0 Å². The molecule has 1 heterocycles. The highest BCUT2D eigenvalue weighted by atomic mass is 16.5. The number of rotatable bonds is 8. The molecule has 2 aromatic carbocycles. The van der Waals surface area contributed by atoms with Gasteiger partial charge in [-0.05, 0) is 35.7 Å². The number of hydrogen-bond acceptors (Lipinski definition) is 3. The van der Waals surface area contributed by atoms with E-state index in [1.54, 1.807) is 12.5 Å². The number of imidazole rings is 1. The van der Waals surface area contributed by atoms with Crippen LogP contribution in [0.15, 0.2) is 67.3 Å². The van der Waals surface area contributed by atoms with Crippen molar-refractivity contribution in [1.29, 1.82) is 0 Å². The maximum absolute atomic E-state index is 11.9. The number of carbonyl (C=O) groups excluding carboxylic acids is 1. The lowest BCUT2D eigenvalue weighted by Crippen LogP contribution is -2.37. The van der Waals surface area contributed by atoms with Crippen molar-refractivity contribution in [3.8, 4) is 5.75 Å². The van der Waals surface area contributed by atoms with Crippen molar-refractivity contribution >= 4 is 6.03 Å². The number of nitrogens with one attached hydrogen (secondary N) is 2. The molecule has 3 rings (SSSR count). The van der Waals surface area contributed by atoms with Gasteiger partial charge in [-0.2, -0.15) is 0 Å². The zero-order valence-corrected chi connectivity index (χ0v) is 15.4. The maximum atomic E-state index is 11.9. The molecule has 0 bridgehead atoms. The summed E-state index contributed by atoms with van der Waals surface area (Å²) in [6.45, 7) is 4.12. The first-order chi connectivity index (χ1) is 13.2. The van der Waals surface area contributed by atoms with Gasteiger partial charge in [-0.25, -0.2) is 9.78 Å². The summed E-state index contributed by atoms with van der Waals surface area (Å²) in [5.74, 6) is 0.812. The van der Waals surface area contributed by atoms with E-state index in [4.69, 9.17) is 4.74 Å². The van der Waals surface area contributed by atoms with E-state index < -0.39 is 0 Å². The van der Waals surface area contributed by atoms with Gasteiger partial charge in [0.15, 0.2) is 0 Å². The van der Waals surface area contributed by atoms with Gasteiger partial charge >= 0.3 is 6.03 Å². The molecule has 1 aromatic heterocycles. The predicted molar refractivity (Wildman–Crippen MR) is 105 cm³/mol. The molecule has 2 N–H and O–H groups in total. The Morgan fingerprint density at radius 2 is 1.96 bits per heavy atom. The molecule has 3 aromatic rings. The van der Waals surface area contributed by atoms with E-state index in [1.807, 2.05) is 54.1 Å². The van der Waals surface area contributed by atoms with Crippen LogP contribution in [0.5, 0.6) is 5.75 Å². The maximum Gasteiger partial charge on any atom is 0.315 e. The van der Waals surface area contributed by atoms with Crippen molar-refractivity contribution in [2.75, 3.05) is 13.2 Å². The first kappa shape index (κ1) is 18.5. The van der Waals surface area contributed by atoms with Gasteiger partial charge in [0.2, 0.25) is 0 Å². The average Bonchev–Trinajstić information content (AvgIpc) is 3.17. The van der Waals surface area contributed by atoms with E-state index in [9.17, 15) is 4.79 Å². The molecule has 140 valence electrons. The van der Waals surface area contributed by atoms with Crippen LogP contribution in [0.25, 0.3) is 0 Å². The normalized spacial score (nSPS) is 10.4. The number of ether oxygens (including phenoxy) is 1. The quantitative estimate of drug-likeness (QED) is 0.604. The van der Waals surface area contributed by atoms with Gasteiger partial charge < -0.3 is 19.9 Å². The van der Waals surface area contributed by atoms with Gasteiger partial charge in [0.25, 0.3) is 0 Å². The van der Waals surface area contributed by atoms with Crippen LogP contribution in [0.3, 0.4) is 0 Å². The number of nitrogens with zero attached hydrogens (tertiary/aromatic N) is 2.